The summed E-state index contributed by atoms with van der Waals surface area (Å²) in [5, 5.41) is 11.3. The number of nitrogens with zero attached hydrogens (tertiary/aromatic N) is 2. The van der Waals surface area contributed by atoms with Crippen molar-refractivity contribution in [1.82, 2.24) is 9.55 Å². The van der Waals surface area contributed by atoms with Crippen molar-refractivity contribution in [2.24, 2.45) is 0 Å². The maximum Gasteiger partial charge on any atom is 0.332 e. The van der Waals surface area contributed by atoms with Crippen LogP contribution in [0, 0.1) is 11.3 Å². The van der Waals surface area contributed by atoms with Gasteiger partial charge in [0.05, 0.1) is 27.4 Å². The Morgan fingerprint density at radius 3 is 2.61 bits per heavy atom. The second-order valence-electron chi connectivity index (χ2n) is 9.61. The maximum atomic E-state index is 14.0. The molecule has 6 rings (SSSR count). The molecule has 0 aliphatic carbocycles. The van der Waals surface area contributed by atoms with Crippen molar-refractivity contribution in [2.75, 3.05) is 13.2 Å². The average molecular weight is 530 g/mol. The molecular formula is C29H24FN3O4S. The van der Waals surface area contributed by atoms with Crippen molar-refractivity contribution in [3.63, 3.8) is 0 Å². The van der Waals surface area contributed by atoms with Gasteiger partial charge in [-0.25, -0.2) is 0 Å². The summed E-state index contributed by atoms with van der Waals surface area (Å²) < 4.78 is 44.8. The van der Waals surface area contributed by atoms with E-state index >= 15 is 0 Å². The van der Waals surface area contributed by atoms with Gasteiger partial charge >= 0.3 is 10.2 Å². The third-order valence-corrected chi connectivity index (χ3v) is 8.28. The fourth-order valence-corrected chi connectivity index (χ4v) is 6.14. The Bertz CT molecular complexity index is 1960. The van der Waals surface area contributed by atoms with Crippen LogP contribution < -0.4 is 5.43 Å². The van der Waals surface area contributed by atoms with Gasteiger partial charge in [0.2, 0.25) is 0 Å². The Morgan fingerprint density at radius 2 is 1.89 bits per heavy atom. The minimum atomic E-state index is -4.87. The molecule has 3 heterocycles. The van der Waals surface area contributed by atoms with Crippen LogP contribution in [0.3, 0.4) is 0 Å². The molecule has 1 saturated heterocycles. The first-order valence-electron chi connectivity index (χ1n) is 12.5. The SMILES string of the molecule is CCc1cc2c(=O)c3c4ccc(C#N)cc4[nH]c3n(C3CCOCC3)c2cc1-c1cccc(S(=O)(=O)F)c1. The number of halogens is 1. The van der Waals surface area contributed by atoms with Gasteiger partial charge in [0.25, 0.3) is 0 Å². The van der Waals surface area contributed by atoms with Gasteiger partial charge < -0.3 is 14.3 Å². The van der Waals surface area contributed by atoms with E-state index in [0.717, 1.165) is 29.4 Å². The number of aromatic amines is 1. The summed E-state index contributed by atoms with van der Waals surface area (Å²) in [4.78, 5) is 17.0. The summed E-state index contributed by atoms with van der Waals surface area (Å²) in [7, 11) is -4.87. The summed E-state index contributed by atoms with van der Waals surface area (Å²) in [6.07, 6.45) is 2.10. The third kappa shape index (κ3) is 3.88. The van der Waals surface area contributed by atoms with Crippen molar-refractivity contribution in [3.05, 3.63) is 75.9 Å². The summed E-state index contributed by atoms with van der Waals surface area (Å²) in [6.45, 7) is 3.15. The summed E-state index contributed by atoms with van der Waals surface area (Å²) >= 11 is 0. The fraction of sp³-hybridized carbons (Fsp3) is 0.241. The van der Waals surface area contributed by atoms with Crippen LogP contribution >= 0.6 is 0 Å². The number of aromatic nitrogens is 2. The molecule has 0 spiro atoms. The fourth-order valence-electron chi connectivity index (χ4n) is 5.63. The number of nitriles is 1. The molecule has 0 bridgehead atoms. The van der Waals surface area contributed by atoms with Gasteiger partial charge in [-0.2, -0.15) is 13.7 Å². The molecule has 7 nitrogen and oxygen atoms in total. The molecule has 0 saturated carbocycles. The van der Waals surface area contributed by atoms with Crippen LogP contribution in [0.15, 0.2) is 64.3 Å². The van der Waals surface area contributed by atoms with Gasteiger partial charge in [0, 0.05) is 35.5 Å². The molecule has 1 aliphatic rings. The smallest absolute Gasteiger partial charge is 0.332 e. The first-order valence-corrected chi connectivity index (χ1v) is 13.9. The number of ether oxygens (including phenoxy) is 1. The van der Waals surface area contributed by atoms with Crippen LogP contribution in [-0.2, 0) is 21.4 Å². The Labute approximate surface area is 218 Å². The molecule has 38 heavy (non-hydrogen) atoms. The number of rotatable bonds is 4. The van der Waals surface area contributed by atoms with Gasteiger partial charge in [-0.1, -0.05) is 25.1 Å². The molecule has 192 valence electrons. The first kappa shape index (κ1) is 24.3. The zero-order valence-corrected chi connectivity index (χ0v) is 21.4. The molecule has 0 amide bonds. The summed E-state index contributed by atoms with van der Waals surface area (Å²) in [6, 6.07) is 17.1. The van der Waals surface area contributed by atoms with E-state index in [-0.39, 0.29) is 11.5 Å². The zero-order chi connectivity index (χ0) is 26.6. The van der Waals surface area contributed by atoms with Crippen LogP contribution in [0.4, 0.5) is 3.89 Å². The minimum absolute atomic E-state index is 0.0516. The summed E-state index contributed by atoms with van der Waals surface area (Å²) in [5.74, 6) is 0. The highest BCUT2D eigenvalue weighted by atomic mass is 32.3. The van der Waals surface area contributed by atoms with E-state index in [2.05, 4.69) is 15.6 Å². The van der Waals surface area contributed by atoms with Gasteiger partial charge in [-0.15, -0.1) is 3.89 Å². The number of benzene rings is 3. The van der Waals surface area contributed by atoms with E-state index < -0.39 is 15.1 Å². The number of H-pyrrole nitrogens is 1. The number of hydrogen-bond donors (Lipinski definition) is 1. The number of fused-ring (bicyclic) bond motifs is 4. The van der Waals surface area contributed by atoms with Crippen molar-refractivity contribution < 1.29 is 17.0 Å². The van der Waals surface area contributed by atoms with Crippen molar-refractivity contribution in [1.29, 1.82) is 5.26 Å². The minimum Gasteiger partial charge on any atom is -0.381 e. The Balaban J connectivity index is 1.74. The molecule has 2 aromatic heterocycles. The monoisotopic (exact) mass is 529 g/mol. The van der Waals surface area contributed by atoms with Crippen LogP contribution in [0.25, 0.3) is 44.0 Å². The van der Waals surface area contributed by atoms with E-state index in [4.69, 9.17) is 4.74 Å². The Morgan fingerprint density at radius 1 is 1.11 bits per heavy atom. The molecule has 1 aliphatic heterocycles. The molecule has 3 aromatic carbocycles. The highest BCUT2D eigenvalue weighted by Crippen LogP contribution is 2.36. The van der Waals surface area contributed by atoms with E-state index in [1.165, 1.54) is 18.2 Å². The molecule has 9 heteroatoms. The highest BCUT2D eigenvalue weighted by Gasteiger charge is 2.24. The van der Waals surface area contributed by atoms with E-state index in [0.29, 0.717) is 58.2 Å². The maximum absolute atomic E-state index is 14.0. The second-order valence-corrected chi connectivity index (χ2v) is 11.0. The second kappa shape index (κ2) is 9.08. The highest BCUT2D eigenvalue weighted by molar-refractivity contribution is 7.86. The van der Waals surface area contributed by atoms with E-state index in [9.17, 15) is 22.4 Å². The average Bonchev–Trinajstić information content (AvgIpc) is 3.31. The zero-order valence-electron chi connectivity index (χ0n) is 20.6. The summed E-state index contributed by atoms with van der Waals surface area (Å²) in [5.41, 5.74) is 4.64. The van der Waals surface area contributed by atoms with Crippen molar-refractivity contribution in [3.8, 4) is 17.2 Å². The Hall–Kier alpha value is -4.00. The topological polar surface area (TPSA) is 105 Å². The molecule has 1 N–H and O–H groups in total. The number of pyridine rings is 1. The molecule has 0 atom stereocenters. The predicted molar refractivity (Wildman–Crippen MR) is 144 cm³/mol. The standard InChI is InChI=1S/C29H24FN3O4S/c1-2-18-14-24-26(15-23(18)19-4-3-5-21(13-19)38(30,35)36)33(20-8-10-37-11-9-20)29-27(28(24)34)22-7-6-17(16-31)12-25(22)32-29/h3-7,12-15,20,32H,2,8-11H2,1H3. The lowest BCUT2D eigenvalue weighted by Crippen LogP contribution is -2.22. The number of nitrogens with one attached hydrogen (secondary N) is 1. The predicted octanol–water partition coefficient (Wildman–Crippen LogP) is 5.75. The van der Waals surface area contributed by atoms with Crippen molar-refractivity contribution in [2.45, 2.75) is 37.1 Å². The van der Waals surface area contributed by atoms with E-state index in [1.54, 1.807) is 18.2 Å². The van der Waals surface area contributed by atoms with Crippen LogP contribution in [0.1, 0.15) is 36.9 Å². The third-order valence-electron chi connectivity index (χ3n) is 7.46. The van der Waals surface area contributed by atoms with Gasteiger partial charge in [-0.05, 0) is 72.4 Å². The Kier molecular flexibility index (Phi) is 5.82. The first-order chi connectivity index (χ1) is 18.3. The van der Waals surface area contributed by atoms with Crippen LogP contribution in [-0.4, -0.2) is 31.2 Å². The van der Waals surface area contributed by atoms with Crippen LogP contribution in [0.5, 0.6) is 0 Å². The molecule has 5 aromatic rings. The lowest BCUT2D eigenvalue weighted by molar-refractivity contribution is 0.0715. The van der Waals surface area contributed by atoms with Gasteiger partial charge in [0.1, 0.15) is 5.65 Å². The normalized spacial score (nSPS) is 14.9. The molecule has 0 unspecified atom stereocenters. The van der Waals surface area contributed by atoms with E-state index in [1.807, 2.05) is 25.1 Å². The van der Waals surface area contributed by atoms with Crippen LogP contribution in [0.2, 0.25) is 0 Å². The lowest BCUT2D eigenvalue weighted by atomic mass is 9.94. The molecular weight excluding hydrogens is 505 g/mol. The largest absolute Gasteiger partial charge is 0.381 e. The number of aryl methyl sites for hydroxylation is 1. The molecule has 1 fully saturated rings. The van der Waals surface area contributed by atoms with Gasteiger partial charge in [-0.3, -0.25) is 4.79 Å². The van der Waals surface area contributed by atoms with Crippen molar-refractivity contribution >= 4 is 43.1 Å². The lowest BCUT2D eigenvalue weighted by Gasteiger charge is -2.28. The molecule has 0 radical (unpaired) electrons. The van der Waals surface area contributed by atoms with Gasteiger partial charge in [0.15, 0.2) is 5.43 Å². The quantitative estimate of drug-likeness (QED) is 0.299. The number of hydrogen-bond acceptors (Lipinski definition) is 5.